The van der Waals surface area contributed by atoms with Gasteiger partial charge in [0, 0.05) is 23.8 Å². The smallest absolute Gasteiger partial charge is 0.275 e. The van der Waals surface area contributed by atoms with E-state index in [-0.39, 0.29) is 5.91 Å². The highest BCUT2D eigenvalue weighted by Crippen LogP contribution is 2.22. The second-order valence-electron chi connectivity index (χ2n) is 4.72. The van der Waals surface area contributed by atoms with E-state index in [4.69, 9.17) is 11.6 Å². The molecule has 1 N–H and O–H groups in total. The van der Waals surface area contributed by atoms with E-state index in [1.54, 1.807) is 37.5 Å². The fourth-order valence-corrected chi connectivity index (χ4v) is 2.28. The standard InChI is InChI=1S/C16H13ClN4O/c1-21-14(16(22)19-15-7-2-3-8-18-15)10-13(20-21)11-5-4-6-12(17)9-11/h2-10H,1H3,(H,18,19,22). The number of hydrogen-bond acceptors (Lipinski definition) is 3. The number of carbonyl (C=O) groups is 1. The van der Waals surface area contributed by atoms with Gasteiger partial charge < -0.3 is 5.32 Å². The zero-order valence-corrected chi connectivity index (χ0v) is 12.6. The van der Waals surface area contributed by atoms with Crippen LogP contribution in [0.5, 0.6) is 0 Å². The van der Waals surface area contributed by atoms with Gasteiger partial charge in [-0.15, -0.1) is 0 Å². The van der Waals surface area contributed by atoms with Gasteiger partial charge in [0.2, 0.25) is 0 Å². The van der Waals surface area contributed by atoms with Gasteiger partial charge in [0.25, 0.3) is 5.91 Å². The second-order valence-corrected chi connectivity index (χ2v) is 5.15. The normalized spacial score (nSPS) is 10.5. The molecule has 0 saturated carbocycles. The molecule has 0 spiro atoms. The van der Waals surface area contributed by atoms with E-state index in [0.29, 0.717) is 22.2 Å². The second kappa shape index (κ2) is 5.99. The van der Waals surface area contributed by atoms with Gasteiger partial charge in [-0.3, -0.25) is 9.48 Å². The molecule has 6 heteroatoms. The number of pyridine rings is 1. The molecule has 0 atom stereocenters. The van der Waals surface area contributed by atoms with Crippen LogP contribution in [0.1, 0.15) is 10.5 Å². The van der Waals surface area contributed by atoms with Gasteiger partial charge in [-0.25, -0.2) is 4.98 Å². The van der Waals surface area contributed by atoms with E-state index in [0.717, 1.165) is 5.56 Å². The van der Waals surface area contributed by atoms with Crippen LogP contribution in [-0.2, 0) is 7.05 Å². The lowest BCUT2D eigenvalue weighted by atomic mass is 10.1. The predicted molar refractivity (Wildman–Crippen MR) is 85.8 cm³/mol. The molecule has 110 valence electrons. The summed E-state index contributed by atoms with van der Waals surface area (Å²) in [5.41, 5.74) is 2.00. The Bertz CT molecular complexity index is 814. The summed E-state index contributed by atoms with van der Waals surface area (Å²) >= 11 is 5.99. The lowest BCUT2D eigenvalue weighted by Gasteiger charge is -2.03. The molecule has 2 heterocycles. The maximum absolute atomic E-state index is 12.3. The molecule has 5 nitrogen and oxygen atoms in total. The predicted octanol–water partition coefficient (Wildman–Crippen LogP) is 3.39. The lowest BCUT2D eigenvalue weighted by molar-refractivity contribution is 0.101. The first kappa shape index (κ1) is 14.3. The summed E-state index contributed by atoms with van der Waals surface area (Å²) in [7, 11) is 1.72. The van der Waals surface area contributed by atoms with Gasteiger partial charge in [0.1, 0.15) is 11.5 Å². The molecule has 3 aromatic rings. The Kier molecular flexibility index (Phi) is 3.89. The number of hydrogen-bond donors (Lipinski definition) is 1. The zero-order chi connectivity index (χ0) is 15.5. The van der Waals surface area contributed by atoms with Crippen LogP contribution in [0, 0.1) is 0 Å². The van der Waals surface area contributed by atoms with Crippen molar-refractivity contribution in [2.45, 2.75) is 0 Å². The molecule has 1 aromatic carbocycles. The molecule has 0 saturated heterocycles. The van der Waals surface area contributed by atoms with Crippen LogP contribution in [0.3, 0.4) is 0 Å². The summed E-state index contributed by atoms with van der Waals surface area (Å²) in [5.74, 6) is 0.236. The van der Waals surface area contributed by atoms with Crippen molar-refractivity contribution in [3.8, 4) is 11.3 Å². The van der Waals surface area contributed by atoms with Crippen molar-refractivity contribution in [2.75, 3.05) is 5.32 Å². The third-order valence-corrected chi connectivity index (χ3v) is 3.37. The van der Waals surface area contributed by atoms with Crippen molar-refractivity contribution in [3.05, 3.63) is 65.4 Å². The van der Waals surface area contributed by atoms with Crippen LogP contribution in [0.15, 0.2) is 54.7 Å². The summed E-state index contributed by atoms with van der Waals surface area (Å²) < 4.78 is 1.54. The van der Waals surface area contributed by atoms with Gasteiger partial charge in [0.05, 0.1) is 5.69 Å². The largest absolute Gasteiger partial charge is 0.305 e. The monoisotopic (exact) mass is 312 g/mol. The summed E-state index contributed by atoms with van der Waals surface area (Å²) in [6.07, 6.45) is 1.62. The maximum atomic E-state index is 12.3. The van der Waals surface area contributed by atoms with Crippen LogP contribution in [0.25, 0.3) is 11.3 Å². The van der Waals surface area contributed by atoms with Gasteiger partial charge in [0.15, 0.2) is 0 Å². The average molecular weight is 313 g/mol. The summed E-state index contributed by atoms with van der Waals surface area (Å²) in [5, 5.41) is 7.73. The van der Waals surface area contributed by atoms with Crippen molar-refractivity contribution in [2.24, 2.45) is 7.05 Å². The lowest BCUT2D eigenvalue weighted by Crippen LogP contribution is -2.16. The summed E-state index contributed by atoms with van der Waals surface area (Å²) in [6, 6.07) is 14.4. The zero-order valence-electron chi connectivity index (χ0n) is 11.8. The van der Waals surface area contributed by atoms with Crippen molar-refractivity contribution < 1.29 is 4.79 Å². The Balaban J connectivity index is 1.88. The van der Waals surface area contributed by atoms with Gasteiger partial charge in [-0.2, -0.15) is 5.10 Å². The van der Waals surface area contributed by atoms with E-state index in [2.05, 4.69) is 15.4 Å². The number of anilines is 1. The molecule has 1 amide bonds. The molecule has 0 aliphatic carbocycles. The summed E-state index contributed by atoms with van der Waals surface area (Å²) in [4.78, 5) is 16.4. The molecular formula is C16H13ClN4O. The first-order chi connectivity index (χ1) is 10.6. The van der Waals surface area contributed by atoms with E-state index in [1.165, 1.54) is 4.68 Å². The fraction of sp³-hybridized carbons (Fsp3) is 0.0625. The minimum atomic E-state index is -0.262. The molecule has 3 rings (SSSR count). The number of amides is 1. The van der Waals surface area contributed by atoms with E-state index < -0.39 is 0 Å². The summed E-state index contributed by atoms with van der Waals surface area (Å²) in [6.45, 7) is 0. The molecule has 0 radical (unpaired) electrons. The molecule has 2 aromatic heterocycles. The highest BCUT2D eigenvalue weighted by Gasteiger charge is 2.15. The number of benzene rings is 1. The van der Waals surface area contributed by atoms with Crippen molar-refractivity contribution >= 4 is 23.3 Å². The Morgan fingerprint density at radius 1 is 1.18 bits per heavy atom. The first-order valence-electron chi connectivity index (χ1n) is 6.66. The van der Waals surface area contributed by atoms with E-state index >= 15 is 0 Å². The third-order valence-electron chi connectivity index (χ3n) is 3.14. The molecule has 0 bridgehead atoms. The fourth-order valence-electron chi connectivity index (χ4n) is 2.09. The number of aryl methyl sites for hydroxylation is 1. The first-order valence-corrected chi connectivity index (χ1v) is 7.03. The number of carbonyl (C=O) groups excluding carboxylic acids is 1. The highest BCUT2D eigenvalue weighted by molar-refractivity contribution is 6.30. The molecule has 0 fully saturated rings. The van der Waals surface area contributed by atoms with Crippen molar-refractivity contribution in [1.82, 2.24) is 14.8 Å². The Morgan fingerprint density at radius 3 is 2.77 bits per heavy atom. The van der Waals surface area contributed by atoms with Gasteiger partial charge in [-0.1, -0.05) is 29.8 Å². The minimum Gasteiger partial charge on any atom is -0.305 e. The van der Waals surface area contributed by atoms with Crippen LogP contribution in [0.2, 0.25) is 5.02 Å². The molecule has 0 unspecified atom stereocenters. The topological polar surface area (TPSA) is 59.8 Å². The number of aromatic nitrogens is 3. The number of nitrogens with one attached hydrogen (secondary N) is 1. The number of nitrogens with zero attached hydrogens (tertiary/aromatic N) is 3. The van der Waals surface area contributed by atoms with Crippen molar-refractivity contribution in [3.63, 3.8) is 0 Å². The SMILES string of the molecule is Cn1nc(-c2cccc(Cl)c2)cc1C(=O)Nc1ccccn1. The quantitative estimate of drug-likeness (QED) is 0.806. The Labute approximate surface area is 132 Å². The molecule has 0 aliphatic heterocycles. The molecular weight excluding hydrogens is 300 g/mol. The number of halogens is 1. The Morgan fingerprint density at radius 2 is 2.05 bits per heavy atom. The van der Waals surface area contributed by atoms with Crippen LogP contribution < -0.4 is 5.32 Å². The highest BCUT2D eigenvalue weighted by atomic mass is 35.5. The van der Waals surface area contributed by atoms with Crippen LogP contribution in [-0.4, -0.2) is 20.7 Å². The molecule has 22 heavy (non-hydrogen) atoms. The maximum Gasteiger partial charge on any atom is 0.275 e. The van der Waals surface area contributed by atoms with Crippen molar-refractivity contribution in [1.29, 1.82) is 0 Å². The average Bonchev–Trinajstić information content (AvgIpc) is 2.90. The van der Waals surface area contributed by atoms with E-state index in [1.807, 2.05) is 24.3 Å². The third kappa shape index (κ3) is 2.99. The van der Waals surface area contributed by atoms with Crippen LogP contribution >= 0.6 is 11.6 Å². The molecule has 0 aliphatic rings. The van der Waals surface area contributed by atoms with Gasteiger partial charge >= 0.3 is 0 Å². The van der Waals surface area contributed by atoms with Gasteiger partial charge in [-0.05, 0) is 30.3 Å². The Hall–Kier alpha value is -2.66. The number of rotatable bonds is 3. The van der Waals surface area contributed by atoms with E-state index in [9.17, 15) is 4.79 Å². The minimum absolute atomic E-state index is 0.262. The van der Waals surface area contributed by atoms with Crippen LogP contribution in [0.4, 0.5) is 5.82 Å².